The molecule has 0 aliphatic rings. The second-order valence-electron chi connectivity index (χ2n) is 6.53. The smallest absolute Gasteiger partial charge is 0.251 e. The number of carbonyl (C=O) groups is 1. The number of hydrogen-bond donors (Lipinski definition) is 2. The molecule has 0 saturated carbocycles. The molecule has 3 rings (SSSR count). The summed E-state index contributed by atoms with van der Waals surface area (Å²) < 4.78 is 28.9. The highest BCUT2D eigenvalue weighted by Gasteiger charge is 2.17. The van der Waals surface area contributed by atoms with Gasteiger partial charge in [0.2, 0.25) is 10.0 Å². The second kappa shape index (κ2) is 8.12. The Morgan fingerprint density at radius 1 is 1.14 bits per heavy atom. The van der Waals surface area contributed by atoms with E-state index in [2.05, 4.69) is 19.6 Å². The lowest BCUT2D eigenvalue weighted by molar-refractivity contribution is 0.0951. The van der Waals surface area contributed by atoms with Gasteiger partial charge in [0.15, 0.2) is 0 Å². The van der Waals surface area contributed by atoms with Gasteiger partial charge in [0.25, 0.3) is 5.91 Å². The Morgan fingerprint density at radius 3 is 2.64 bits per heavy atom. The first-order valence-electron chi connectivity index (χ1n) is 9.14. The van der Waals surface area contributed by atoms with Crippen molar-refractivity contribution in [3.8, 4) is 0 Å². The lowest BCUT2D eigenvalue weighted by Crippen LogP contribution is -2.29. The van der Waals surface area contributed by atoms with Crippen LogP contribution < -0.4 is 10.0 Å². The summed E-state index contributed by atoms with van der Waals surface area (Å²) in [5.74, 6) is 0.582. The van der Waals surface area contributed by atoms with Crippen LogP contribution in [0.4, 0.5) is 0 Å². The molecule has 148 valence electrons. The lowest BCUT2D eigenvalue weighted by atomic mass is 10.1. The fraction of sp³-hybridized carbons (Fsp3) is 0.300. The highest BCUT2D eigenvalue weighted by atomic mass is 32.2. The standard InChI is InChI=1S/C20H24N4O3S/c1-4-22-28(26,27)16-10-9-14(2)17(13-16)20(25)21-11-12-24-15(3)23-18-7-5-6-8-19(18)24/h5-10,13,22H,4,11-12H2,1-3H3,(H,21,25). The Bertz CT molecular complexity index is 1120. The van der Waals surface area contributed by atoms with Gasteiger partial charge in [-0.3, -0.25) is 4.79 Å². The molecule has 0 aliphatic carbocycles. The number of sulfonamides is 1. The first kappa shape index (κ1) is 20.0. The third-order valence-corrected chi connectivity index (χ3v) is 6.11. The van der Waals surface area contributed by atoms with Crippen molar-refractivity contribution in [2.45, 2.75) is 32.2 Å². The van der Waals surface area contributed by atoms with E-state index in [-0.39, 0.29) is 17.3 Å². The molecular formula is C20H24N4O3S. The summed E-state index contributed by atoms with van der Waals surface area (Å²) in [6.07, 6.45) is 0. The number of imidazole rings is 1. The number of para-hydroxylation sites is 2. The highest BCUT2D eigenvalue weighted by molar-refractivity contribution is 7.89. The van der Waals surface area contributed by atoms with E-state index in [1.165, 1.54) is 12.1 Å². The monoisotopic (exact) mass is 400 g/mol. The van der Waals surface area contributed by atoms with E-state index in [9.17, 15) is 13.2 Å². The van der Waals surface area contributed by atoms with Gasteiger partial charge in [0, 0.05) is 25.2 Å². The molecule has 28 heavy (non-hydrogen) atoms. The predicted octanol–water partition coefficient (Wildman–Crippen LogP) is 2.38. The maximum atomic E-state index is 12.6. The van der Waals surface area contributed by atoms with Crippen LogP contribution in [-0.4, -0.2) is 37.0 Å². The normalized spacial score (nSPS) is 11.7. The number of fused-ring (bicyclic) bond motifs is 1. The Labute approximate surface area is 164 Å². The van der Waals surface area contributed by atoms with Gasteiger partial charge < -0.3 is 9.88 Å². The Kier molecular flexibility index (Phi) is 5.81. The summed E-state index contributed by atoms with van der Waals surface area (Å²) in [7, 11) is -3.61. The molecule has 3 aromatic rings. The zero-order chi connectivity index (χ0) is 20.3. The number of nitrogens with one attached hydrogen (secondary N) is 2. The minimum Gasteiger partial charge on any atom is -0.350 e. The zero-order valence-electron chi connectivity index (χ0n) is 16.2. The van der Waals surface area contributed by atoms with Gasteiger partial charge in [-0.05, 0) is 43.7 Å². The van der Waals surface area contributed by atoms with Crippen LogP contribution in [-0.2, 0) is 16.6 Å². The molecule has 1 aromatic heterocycles. The maximum absolute atomic E-state index is 12.6. The van der Waals surface area contributed by atoms with E-state index in [1.807, 2.05) is 31.2 Å². The summed E-state index contributed by atoms with van der Waals surface area (Å²) in [5.41, 5.74) is 3.01. The largest absolute Gasteiger partial charge is 0.350 e. The minimum atomic E-state index is -3.61. The molecule has 8 heteroatoms. The van der Waals surface area contributed by atoms with Crippen LogP contribution in [0.15, 0.2) is 47.4 Å². The van der Waals surface area contributed by atoms with Gasteiger partial charge in [0.05, 0.1) is 15.9 Å². The molecule has 0 spiro atoms. The number of rotatable bonds is 7. The number of aryl methyl sites for hydroxylation is 2. The average molecular weight is 401 g/mol. The molecule has 2 aromatic carbocycles. The number of carbonyl (C=O) groups excluding carboxylic acids is 1. The number of amides is 1. The van der Waals surface area contributed by atoms with Crippen LogP contribution in [0.5, 0.6) is 0 Å². The summed E-state index contributed by atoms with van der Waals surface area (Å²) in [6.45, 7) is 6.69. The molecule has 2 N–H and O–H groups in total. The third kappa shape index (κ3) is 4.07. The average Bonchev–Trinajstić information content (AvgIpc) is 2.97. The van der Waals surface area contributed by atoms with Crippen molar-refractivity contribution in [3.63, 3.8) is 0 Å². The van der Waals surface area contributed by atoms with Gasteiger partial charge in [0.1, 0.15) is 5.82 Å². The molecule has 0 unspecified atom stereocenters. The van der Waals surface area contributed by atoms with Crippen molar-refractivity contribution in [2.24, 2.45) is 0 Å². The van der Waals surface area contributed by atoms with E-state index >= 15 is 0 Å². The molecule has 0 aliphatic heterocycles. The van der Waals surface area contributed by atoms with Crippen molar-refractivity contribution >= 4 is 27.0 Å². The Hall–Kier alpha value is -2.71. The third-order valence-electron chi connectivity index (χ3n) is 4.56. The second-order valence-corrected chi connectivity index (χ2v) is 8.30. The van der Waals surface area contributed by atoms with Gasteiger partial charge in [-0.25, -0.2) is 18.1 Å². The van der Waals surface area contributed by atoms with Crippen molar-refractivity contribution in [2.75, 3.05) is 13.1 Å². The lowest BCUT2D eigenvalue weighted by Gasteiger charge is -2.12. The van der Waals surface area contributed by atoms with Crippen LogP contribution in [0.1, 0.15) is 28.7 Å². The molecule has 1 amide bonds. The summed E-state index contributed by atoms with van der Waals surface area (Å²) in [4.78, 5) is 17.2. The van der Waals surface area contributed by atoms with Crippen LogP contribution in [0.25, 0.3) is 11.0 Å². The van der Waals surface area contributed by atoms with E-state index in [1.54, 1.807) is 19.9 Å². The highest BCUT2D eigenvalue weighted by Crippen LogP contribution is 2.17. The fourth-order valence-corrected chi connectivity index (χ4v) is 4.21. The van der Waals surface area contributed by atoms with Gasteiger partial charge >= 0.3 is 0 Å². The Balaban J connectivity index is 1.74. The van der Waals surface area contributed by atoms with E-state index in [4.69, 9.17) is 0 Å². The molecule has 0 bridgehead atoms. The topological polar surface area (TPSA) is 93.1 Å². The first-order valence-corrected chi connectivity index (χ1v) is 10.6. The van der Waals surface area contributed by atoms with Crippen LogP contribution in [0.2, 0.25) is 0 Å². The zero-order valence-corrected chi connectivity index (χ0v) is 17.0. The molecule has 0 fully saturated rings. The molecular weight excluding hydrogens is 376 g/mol. The van der Waals surface area contributed by atoms with E-state index in [0.717, 1.165) is 22.4 Å². The maximum Gasteiger partial charge on any atom is 0.251 e. The van der Waals surface area contributed by atoms with E-state index < -0.39 is 10.0 Å². The first-order chi connectivity index (χ1) is 13.3. The molecule has 0 saturated heterocycles. The van der Waals surface area contributed by atoms with Crippen molar-refractivity contribution < 1.29 is 13.2 Å². The Morgan fingerprint density at radius 2 is 1.89 bits per heavy atom. The van der Waals surface area contributed by atoms with Crippen LogP contribution in [0, 0.1) is 13.8 Å². The van der Waals surface area contributed by atoms with Gasteiger partial charge in [-0.2, -0.15) is 0 Å². The quantitative estimate of drug-likeness (QED) is 0.637. The van der Waals surface area contributed by atoms with Crippen molar-refractivity contribution in [1.29, 1.82) is 0 Å². The number of nitrogens with zero attached hydrogens (tertiary/aromatic N) is 2. The number of hydrogen-bond acceptors (Lipinski definition) is 4. The number of aromatic nitrogens is 2. The molecule has 1 heterocycles. The SMILES string of the molecule is CCNS(=O)(=O)c1ccc(C)c(C(=O)NCCn2c(C)nc3ccccc32)c1. The molecule has 0 atom stereocenters. The van der Waals surface area contributed by atoms with Crippen LogP contribution in [0.3, 0.4) is 0 Å². The van der Waals surface area contributed by atoms with Gasteiger partial charge in [-0.1, -0.05) is 25.1 Å². The minimum absolute atomic E-state index is 0.0848. The van der Waals surface area contributed by atoms with Crippen molar-refractivity contribution in [3.05, 3.63) is 59.4 Å². The summed E-state index contributed by atoms with van der Waals surface area (Å²) >= 11 is 0. The molecule has 0 radical (unpaired) electrons. The predicted molar refractivity (Wildman–Crippen MR) is 109 cm³/mol. The van der Waals surface area contributed by atoms with E-state index in [0.29, 0.717) is 18.7 Å². The van der Waals surface area contributed by atoms with Gasteiger partial charge in [-0.15, -0.1) is 0 Å². The summed E-state index contributed by atoms with van der Waals surface area (Å²) in [5, 5.41) is 2.88. The summed E-state index contributed by atoms with van der Waals surface area (Å²) in [6, 6.07) is 12.4. The fourth-order valence-electron chi connectivity index (χ4n) is 3.14. The van der Waals surface area contributed by atoms with Crippen molar-refractivity contribution in [1.82, 2.24) is 19.6 Å². The molecule has 7 nitrogen and oxygen atoms in total. The van der Waals surface area contributed by atoms with Crippen LogP contribution >= 0.6 is 0 Å². The number of benzene rings is 2.